The number of carbonyl (C=O) groups is 1. The molecule has 31 heavy (non-hydrogen) atoms. The highest BCUT2D eigenvalue weighted by molar-refractivity contribution is 9.10. The number of hydrogen-bond acceptors (Lipinski definition) is 3. The molecule has 8 heteroatoms. The SMILES string of the molecule is O=C(O)COc1ccc(Br)cc1-c1cc(-c2ccc(Cl)cc2)n(-c2cccc(Cl)c2)n1. The van der Waals surface area contributed by atoms with Gasteiger partial charge >= 0.3 is 5.97 Å². The van der Waals surface area contributed by atoms with Gasteiger partial charge in [0.25, 0.3) is 0 Å². The molecule has 0 fully saturated rings. The largest absolute Gasteiger partial charge is 0.481 e. The number of ether oxygens (including phenoxy) is 1. The molecule has 4 aromatic rings. The predicted octanol–water partition coefficient (Wildman–Crippen LogP) is 6.74. The number of carboxylic acids is 1. The van der Waals surface area contributed by atoms with E-state index in [1.807, 2.05) is 54.6 Å². The lowest BCUT2D eigenvalue weighted by molar-refractivity contribution is -0.139. The van der Waals surface area contributed by atoms with Crippen LogP contribution in [0.15, 0.2) is 77.3 Å². The van der Waals surface area contributed by atoms with Gasteiger partial charge in [-0.1, -0.05) is 57.3 Å². The average Bonchev–Trinajstić information content (AvgIpc) is 3.18. The van der Waals surface area contributed by atoms with Gasteiger partial charge in [0, 0.05) is 25.6 Å². The summed E-state index contributed by atoms with van der Waals surface area (Å²) in [4.78, 5) is 11.0. The van der Waals surface area contributed by atoms with E-state index in [1.165, 1.54) is 0 Å². The van der Waals surface area contributed by atoms with Gasteiger partial charge in [0.15, 0.2) is 6.61 Å². The third-order valence-electron chi connectivity index (χ3n) is 4.47. The molecule has 0 saturated carbocycles. The second-order valence-corrected chi connectivity index (χ2v) is 8.42. The van der Waals surface area contributed by atoms with Crippen molar-refractivity contribution in [2.24, 2.45) is 0 Å². The van der Waals surface area contributed by atoms with Gasteiger partial charge in [0.1, 0.15) is 5.75 Å². The van der Waals surface area contributed by atoms with E-state index in [1.54, 1.807) is 22.9 Å². The van der Waals surface area contributed by atoms with Crippen LogP contribution in [0.25, 0.3) is 28.2 Å². The molecule has 0 bridgehead atoms. The van der Waals surface area contributed by atoms with Gasteiger partial charge in [-0.15, -0.1) is 0 Å². The van der Waals surface area contributed by atoms with Crippen LogP contribution in [-0.2, 0) is 4.79 Å². The molecule has 0 unspecified atom stereocenters. The van der Waals surface area contributed by atoms with Crippen LogP contribution in [0.3, 0.4) is 0 Å². The van der Waals surface area contributed by atoms with Crippen LogP contribution < -0.4 is 4.74 Å². The molecule has 0 atom stereocenters. The Kier molecular flexibility index (Phi) is 6.32. The molecule has 0 aliphatic carbocycles. The highest BCUT2D eigenvalue weighted by Crippen LogP contribution is 2.36. The minimum atomic E-state index is -1.06. The molecule has 1 aromatic heterocycles. The Morgan fingerprint density at radius 2 is 1.77 bits per heavy atom. The van der Waals surface area contributed by atoms with E-state index in [9.17, 15) is 4.79 Å². The number of halogens is 3. The quantitative estimate of drug-likeness (QED) is 0.307. The molecule has 0 amide bonds. The van der Waals surface area contributed by atoms with Gasteiger partial charge in [-0.25, -0.2) is 9.48 Å². The molecule has 0 radical (unpaired) electrons. The lowest BCUT2D eigenvalue weighted by atomic mass is 10.1. The highest BCUT2D eigenvalue weighted by Gasteiger charge is 2.17. The second-order valence-electron chi connectivity index (χ2n) is 6.64. The molecule has 0 aliphatic heterocycles. The van der Waals surface area contributed by atoms with Crippen LogP contribution in [0.1, 0.15) is 0 Å². The van der Waals surface area contributed by atoms with Gasteiger partial charge in [-0.3, -0.25) is 0 Å². The predicted molar refractivity (Wildman–Crippen MR) is 125 cm³/mol. The van der Waals surface area contributed by atoms with E-state index >= 15 is 0 Å². The normalized spacial score (nSPS) is 10.8. The molecule has 0 aliphatic rings. The van der Waals surface area contributed by atoms with Crippen LogP contribution in [0.5, 0.6) is 5.75 Å². The fourth-order valence-corrected chi connectivity index (χ4v) is 3.78. The van der Waals surface area contributed by atoms with Gasteiger partial charge in [0.2, 0.25) is 0 Å². The smallest absolute Gasteiger partial charge is 0.341 e. The summed E-state index contributed by atoms with van der Waals surface area (Å²) in [7, 11) is 0. The first kappa shape index (κ1) is 21.4. The standard InChI is InChI=1S/C23H15BrCl2N2O3/c24-15-6-9-22(31-13-23(29)30)19(10-15)20-12-21(14-4-7-16(25)8-5-14)28(27-20)18-3-1-2-17(26)11-18/h1-12H,13H2,(H,29,30). The molecule has 4 rings (SSSR count). The summed E-state index contributed by atoms with van der Waals surface area (Å²) in [6, 6.07) is 22.1. The first-order valence-electron chi connectivity index (χ1n) is 9.17. The first-order chi connectivity index (χ1) is 14.9. The Morgan fingerprint density at radius 1 is 1.00 bits per heavy atom. The van der Waals surface area contributed by atoms with Crippen LogP contribution >= 0.6 is 39.1 Å². The van der Waals surface area contributed by atoms with E-state index < -0.39 is 12.6 Å². The minimum absolute atomic E-state index is 0.420. The summed E-state index contributed by atoms with van der Waals surface area (Å²) in [6.45, 7) is -0.451. The Bertz CT molecular complexity index is 1260. The zero-order valence-corrected chi connectivity index (χ0v) is 19.0. The molecule has 5 nitrogen and oxygen atoms in total. The molecule has 0 spiro atoms. The number of hydrogen-bond donors (Lipinski definition) is 1. The van der Waals surface area contributed by atoms with Crippen molar-refractivity contribution >= 4 is 45.1 Å². The van der Waals surface area contributed by atoms with Gasteiger partial charge in [-0.05, 0) is 54.6 Å². The van der Waals surface area contributed by atoms with Crippen molar-refractivity contribution < 1.29 is 14.6 Å². The minimum Gasteiger partial charge on any atom is -0.481 e. The summed E-state index contributed by atoms with van der Waals surface area (Å²) in [5.41, 5.74) is 3.79. The van der Waals surface area contributed by atoms with Crippen molar-refractivity contribution in [3.8, 4) is 34.0 Å². The van der Waals surface area contributed by atoms with Crippen molar-refractivity contribution in [2.45, 2.75) is 0 Å². The Morgan fingerprint density at radius 3 is 2.48 bits per heavy atom. The summed E-state index contributed by atoms with van der Waals surface area (Å²) < 4.78 is 8.09. The van der Waals surface area contributed by atoms with E-state index in [-0.39, 0.29) is 0 Å². The number of aliphatic carboxylic acids is 1. The van der Waals surface area contributed by atoms with E-state index in [0.29, 0.717) is 27.1 Å². The number of aromatic nitrogens is 2. The number of nitrogens with zero attached hydrogens (tertiary/aromatic N) is 2. The third kappa shape index (κ3) is 4.93. The number of rotatable bonds is 6. The van der Waals surface area contributed by atoms with Crippen molar-refractivity contribution in [3.05, 3.63) is 87.3 Å². The second kappa shape index (κ2) is 9.14. The van der Waals surface area contributed by atoms with E-state index in [0.717, 1.165) is 21.4 Å². The van der Waals surface area contributed by atoms with Crippen LogP contribution in [0, 0.1) is 0 Å². The van der Waals surface area contributed by atoms with Gasteiger partial charge < -0.3 is 9.84 Å². The summed E-state index contributed by atoms with van der Waals surface area (Å²) >= 11 is 15.7. The lowest BCUT2D eigenvalue weighted by Gasteiger charge is -2.09. The average molecular weight is 518 g/mol. The van der Waals surface area contributed by atoms with Crippen LogP contribution in [-0.4, -0.2) is 27.5 Å². The van der Waals surface area contributed by atoms with Gasteiger partial charge in [-0.2, -0.15) is 5.10 Å². The molecular formula is C23H15BrCl2N2O3. The summed E-state index contributed by atoms with van der Waals surface area (Å²) in [6.07, 6.45) is 0. The van der Waals surface area contributed by atoms with Crippen molar-refractivity contribution in [1.29, 1.82) is 0 Å². The van der Waals surface area contributed by atoms with Crippen molar-refractivity contribution in [3.63, 3.8) is 0 Å². The maximum Gasteiger partial charge on any atom is 0.341 e. The van der Waals surface area contributed by atoms with Crippen molar-refractivity contribution in [2.75, 3.05) is 6.61 Å². The zero-order valence-electron chi connectivity index (χ0n) is 15.9. The summed E-state index contributed by atoms with van der Waals surface area (Å²) in [5, 5.41) is 15.0. The molecule has 156 valence electrons. The molecule has 3 aromatic carbocycles. The van der Waals surface area contributed by atoms with E-state index in [4.69, 9.17) is 38.1 Å². The fraction of sp³-hybridized carbons (Fsp3) is 0.0435. The number of carboxylic acid groups (broad SMARTS) is 1. The van der Waals surface area contributed by atoms with Gasteiger partial charge in [0.05, 0.1) is 17.1 Å². The highest BCUT2D eigenvalue weighted by atomic mass is 79.9. The van der Waals surface area contributed by atoms with Crippen LogP contribution in [0.2, 0.25) is 10.0 Å². The lowest BCUT2D eigenvalue weighted by Crippen LogP contribution is -2.10. The summed E-state index contributed by atoms with van der Waals surface area (Å²) in [5.74, 6) is -0.635. The zero-order chi connectivity index (χ0) is 22.0. The van der Waals surface area contributed by atoms with Crippen molar-refractivity contribution in [1.82, 2.24) is 9.78 Å². The molecule has 1 N–H and O–H groups in total. The Balaban J connectivity index is 1.89. The Hall–Kier alpha value is -2.80. The Labute approximate surface area is 196 Å². The van der Waals surface area contributed by atoms with E-state index in [2.05, 4.69) is 15.9 Å². The maximum absolute atomic E-state index is 11.0. The topological polar surface area (TPSA) is 64.3 Å². The first-order valence-corrected chi connectivity index (χ1v) is 10.7. The molecular weight excluding hydrogens is 503 g/mol. The third-order valence-corrected chi connectivity index (χ3v) is 5.45. The maximum atomic E-state index is 11.0. The monoisotopic (exact) mass is 516 g/mol. The molecule has 1 heterocycles. The molecule has 0 saturated heterocycles. The number of benzene rings is 3. The van der Waals surface area contributed by atoms with Crippen LogP contribution in [0.4, 0.5) is 0 Å². The fourth-order valence-electron chi connectivity index (χ4n) is 3.11.